The molecule has 1 fully saturated rings. The molecule has 2 aliphatic heterocycles. The van der Waals surface area contributed by atoms with Crippen molar-refractivity contribution in [2.45, 2.75) is 25.9 Å². The van der Waals surface area contributed by atoms with Crippen molar-refractivity contribution < 1.29 is 13.2 Å². The molecule has 116 valence electrons. The Hall–Kier alpha value is -1.34. The van der Waals surface area contributed by atoms with Gasteiger partial charge in [-0.3, -0.25) is 4.31 Å². The molecular weight excluding hydrogens is 290 g/mol. The number of hydrogen-bond donors (Lipinski definition) is 0. The normalized spacial score (nSPS) is 22.9. The maximum absolute atomic E-state index is 12.7. The monoisotopic (exact) mass is 311 g/mol. The minimum absolute atomic E-state index is 0.147. The van der Waals surface area contributed by atoms with E-state index in [4.69, 9.17) is 4.74 Å². The Balaban J connectivity index is 1.78. The molecule has 21 heavy (non-hydrogen) atoms. The van der Waals surface area contributed by atoms with Crippen LogP contribution in [-0.2, 0) is 10.0 Å². The summed E-state index contributed by atoms with van der Waals surface area (Å²) in [7, 11) is -3.35. The number of hydrogen-bond acceptors (Lipinski definition) is 5. The first-order chi connectivity index (χ1) is 10.1. The molecule has 0 unspecified atom stereocenters. The molecule has 3 rings (SSSR count). The molecule has 0 radical (unpaired) electrons. The van der Waals surface area contributed by atoms with Crippen molar-refractivity contribution in [3.8, 4) is 5.88 Å². The van der Waals surface area contributed by atoms with Crippen molar-refractivity contribution >= 4 is 15.7 Å². The Labute approximate surface area is 125 Å². The van der Waals surface area contributed by atoms with Crippen LogP contribution < -0.4 is 9.04 Å². The van der Waals surface area contributed by atoms with Gasteiger partial charge in [-0.25, -0.2) is 13.4 Å². The molecule has 0 amide bonds. The third kappa shape index (κ3) is 3.13. The fourth-order valence-corrected chi connectivity index (χ4v) is 4.43. The Bertz CT molecular complexity index is 599. The van der Waals surface area contributed by atoms with Gasteiger partial charge in [-0.2, -0.15) is 0 Å². The predicted octanol–water partition coefficient (Wildman–Crippen LogP) is 1.09. The van der Waals surface area contributed by atoms with Crippen LogP contribution in [0, 0.1) is 0 Å². The van der Waals surface area contributed by atoms with Gasteiger partial charge in [0.2, 0.25) is 15.9 Å². The second kappa shape index (κ2) is 5.81. The first kappa shape index (κ1) is 14.6. The molecule has 0 spiro atoms. The fourth-order valence-electron chi connectivity index (χ4n) is 2.85. The number of aromatic nitrogens is 1. The summed E-state index contributed by atoms with van der Waals surface area (Å²) >= 11 is 0. The van der Waals surface area contributed by atoms with E-state index in [0.29, 0.717) is 24.7 Å². The molecule has 0 aromatic carbocycles. The van der Waals surface area contributed by atoms with Crippen molar-refractivity contribution in [2.75, 3.05) is 36.2 Å². The number of nitrogens with zero attached hydrogens (tertiary/aromatic N) is 3. The average Bonchev–Trinajstić information content (AvgIpc) is 2.97. The van der Waals surface area contributed by atoms with Gasteiger partial charge < -0.3 is 9.64 Å². The molecule has 1 atom stereocenters. The molecule has 0 bridgehead atoms. The predicted molar refractivity (Wildman–Crippen MR) is 81.1 cm³/mol. The van der Waals surface area contributed by atoms with Gasteiger partial charge >= 0.3 is 0 Å². The lowest BCUT2D eigenvalue weighted by atomic mass is 10.3. The van der Waals surface area contributed by atoms with Gasteiger partial charge in [-0.05, 0) is 45.0 Å². The zero-order chi connectivity index (χ0) is 14.9. The van der Waals surface area contributed by atoms with E-state index in [-0.39, 0.29) is 11.9 Å². The maximum Gasteiger partial charge on any atom is 0.238 e. The number of pyridine rings is 1. The summed E-state index contributed by atoms with van der Waals surface area (Å²) < 4.78 is 32.4. The zero-order valence-electron chi connectivity index (χ0n) is 12.2. The van der Waals surface area contributed by atoms with E-state index in [9.17, 15) is 8.42 Å². The van der Waals surface area contributed by atoms with Crippen molar-refractivity contribution in [2.24, 2.45) is 0 Å². The summed E-state index contributed by atoms with van der Waals surface area (Å²) in [4.78, 5) is 6.35. The second-order valence-electron chi connectivity index (χ2n) is 5.65. The van der Waals surface area contributed by atoms with Crippen molar-refractivity contribution in [1.82, 2.24) is 9.88 Å². The molecule has 7 heteroatoms. The first-order valence-electron chi connectivity index (χ1n) is 7.41. The minimum Gasteiger partial charge on any atom is -0.471 e. The van der Waals surface area contributed by atoms with E-state index >= 15 is 0 Å². The Morgan fingerprint density at radius 3 is 2.90 bits per heavy atom. The van der Waals surface area contributed by atoms with Crippen LogP contribution in [-0.4, -0.2) is 56.3 Å². The van der Waals surface area contributed by atoms with Crippen LogP contribution >= 0.6 is 0 Å². The van der Waals surface area contributed by atoms with Gasteiger partial charge in [0.15, 0.2) is 0 Å². The summed E-state index contributed by atoms with van der Waals surface area (Å²) in [6.45, 7) is 4.83. The van der Waals surface area contributed by atoms with Crippen molar-refractivity contribution in [1.29, 1.82) is 0 Å². The molecule has 2 aliphatic rings. The van der Waals surface area contributed by atoms with E-state index in [1.54, 1.807) is 18.3 Å². The van der Waals surface area contributed by atoms with E-state index in [2.05, 4.69) is 9.88 Å². The smallest absolute Gasteiger partial charge is 0.238 e. The molecule has 1 saturated heterocycles. The highest BCUT2D eigenvalue weighted by atomic mass is 32.2. The molecule has 0 saturated carbocycles. The van der Waals surface area contributed by atoms with Crippen molar-refractivity contribution in [3.05, 3.63) is 18.3 Å². The molecule has 0 aliphatic carbocycles. The highest BCUT2D eigenvalue weighted by molar-refractivity contribution is 7.92. The summed E-state index contributed by atoms with van der Waals surface area (Å²) in [5, 5.41) is 0. The topological polar surface area (TPSA) is 62.7 Å². The van der Waals surface area contributed by atoms with Gasteiger partial charge in [-0.1, -0.05) is 0 Å². The lowest BCUT2D eigenvalue weighted by Gasteiger charge is -2.33. The van der Waals surface area contributed by atoms with Gasteiger partial charge in [0.1, 0.15) is 11.8 Å². The quantitative estimate of drug-likeness (QED) is 0.833. The van der Waals surface area contributed by atoms with Crippen LogP contribution in [0.25, 0.3) is 0 Å². The number of ether oxygens (including phenoxy) is 1. The number of sulfonamides is 1. The molecule has 1 aromatic heterocycles. The fraction of sp³-hybridized carbons (Fsp3) is 0.643. The maximum atomic E-state index is 12.7. The third-order valence-electron chi connectivity index (χ3n) is 3.96. The van der Waals surface area contributed by atoms with Crippen LogP contribution in [0.1, 0.15) is 19.8 Å². The van der Waals surface area contributed by atoms with Gasteiger partial charge in [-0.15, -0.1) is 0 Å². The van der Waals surface area contributed by atoms with E-state index in [1.165, 1.54) is 17.1 Å². The minimum atomic E-state index is -3.35. The number of fused-ring (bicyclic) bond motifs is 1. The SMILES string of the molecule is C[C@@H]1CN(S(=O)(=O)CCN2CCCC2)c2cccnc2O1. The summed E-state index contributed by atoms with van der Waals surface area (Å²) in [6, 6.07) is 3.49. The van der Waals surface area contributed by atoms with Crippen LogP contribution in [0.4, 0.5) is 5.69 Å². The Kier molecular flexibility index (Phi) is 4.03. The average molecular weight is 311 g/mol. The van der Waals surface area contributed by atoms with Crippen LogP contribution in [0.5, 0.6) is 5.88 Å². The summed E-state index contributed by atoms with van der Waals surface area (Å²) in [5.41, 5.74) is 0.553. The standard InChI is InChI=1S/C14H21N3O3S/c1-12-11-17(13-5-4-6-15-14(13)20-12)21(18,19)10-9-16-7-2-3-8-16/h4-6,12H,2-3,7-11H2,1H3/t12-/m1/s1. The van der Waals surface area contributed by atoms with Gasteiger partial charge in [0.05, 0.1) is 12.3 Å². The molecular formula is C14H21N3O3S. The number of rotatable bonds is 4. The summed E-state index contributed by atoms with van der Waals surface area (Å²) in [6.07, 6.45) is 3.77. The third-order valence-corrected chi connectivity index (χ3v) is 5.67. The number of likely N-dealkylation sites (tertiary alicyclic amines) is 1. The zero-order valence-corrected chi connectivity index (χ0v) is 13.1. The molecule has 3 heterocycles. The lowest BCUT2D eigenvalue weighted by Crippen LogP contribution is -2.45. The first-order valence-corrected chi connectivity index (χ1v) is 9.01. The molecule has 1 aromatic rings. The van der Waals surface area contributed by atoms with E-state index in [1.807, 2.05) is 6.92 Å². The molecule has 0 N–H and O–H groups in total. The second-order valence-corrected chi connectivity index (χ2v) is 7.66. The van der Waals surface area contributed by atoms with Gasteiger partial charge in [0.25, 0.3) is 0 Å². The number of anilines is 1. The highest BCUT2D eigenvalue weighted by Crippen LogP contribution is 2.32. The van der Waals surface area contributed by atoms with Crippen LogP contribution in [0.15, 0.2) is 18.3 Å². The van der Waals surface area contributed by atoms with Crippen LogP contribution in [0.2, 0.25) is 0 Å². The Morgan fingerprint density at radius 2 is 2.14 bits per heavy atom. The van der Waals surface area contributed by atoms with E-state index in [0.717, 1.165) is 13.1 Å². The van der Waals surface area contributed by atoms with Gasteiger partial charge in [0, 0.05) is 12.7 Å². The Morgan fingerprint density at radius 1 is 1.38 bits per heavy atom. The lowest BCUT2D eigenvalue weighted by molar-refractivity contribution is 0.210. The van der Waals surface area contributed by atoms with Crippen LogP contribution in [0.3, 0.4) is 0 Å². The summed E-state index contributed by atoms with van der Waals surface area (Å²) in [5.74, 6) is 0.551. The highest BCUT2D eigenvalue weighted by Gasteiger charge is 2.32. The van der Waals surface area contributed by atoms with Crippen molar-refractivity contribution in [3.63, 3.8) is 0 Å². The van der Waals surface area contributed by atoms with E-state index < -0.39 is 10.0 Å². The molecule has 6 nitrogen and oxygen atoms in total. The largest absolute Gasteiger partial charge is 0.471 e.